The van der Waals surface area contributed by atoms with E-state index in [1.807, 2.05) is 0 Å². The molecule has 0 aliphatic rings. The molecule has 0 saturated heterocycles. The minimum absolute atomic E-state index is 0.166. The van der Waals surface area contributed by atoms with Crippen LogP contribution in [0.25, 0.3) is 11.6 Å². The number of oxazole rings is 1. The van der Waals surface area contributed by atoms with Gasteiger partial charge in [-0.2, -0.15) is 23.3 Å². The fourth-order valence-electron chi connectivity index (χ4n) is 1.73. The molecule has 0 radical (unpaired) electrons. The van der Waals surface area contributed by atoms with Gasteiger partial charge in [0.05, 0.1) is 18.8 Å². The van der Waals surface area contributed by atoms with Gasteiger partial charge in [0.2, 0.25) is 0 Å². The third-order valence-corrected chi connectivity index (χ3v) is 2.63. The van der Waals surface area contributed by atoms with Gasteiger partial charge in [-0.1, -0.05) is 5.16 Å². The van der Waals surface area contributed by atoms with Crippen molar-refractivity contribution in [2.75, 3.05) is 0 Å². The third-order valence-electron chi connectivity index (χ3n) is 2.63. The first-order chi connectivity index (χ1) is 9.93. The lowest BCUT2D eigenvalue weighted by molar-refractivity contribution is -0.137. The molecule has 0 aromatic carbocycles. The molecule has 1 N–H and O–H groups in total. The number of aromatic amines is 1. The number of hydrogen-bond donors (Lipinski definition) is 1. The van der Waals surface area contributed by atoms with Crippen LogP contribution < -0.4 is 0 Å². The van der Waals surface area contributed by atoms with Crippen molar-refractivity contribution in [3.05, 3.63) is 35.4 Å². The van der Waals surface area contributed by atoms with Crippen LogP contribution in [0.3, 0.4) is 0 Å². The minimum atomic E-state index is -4.56. The zero-order valence-corrected chi connectivity index (χ0v) is 10.6. The monoisotopic (exact) mass is 299 g/mol. The van der Waals surface area contributed by atoms with Crippen molar-refractivity contribution in [2.45, 2.75) is 19.5 Å². The van der Waals surface area contributed by atoms with E-state index in [4.69, 9.17) is 8.94 Å². The van der Waals surface area contributed by atoms with Gasteiger partial charge in [-0.05, 0) is 0 Å². The zero-order valence-electron chi connectivity index (χ0n) is 10.6. The van der Waals surface area contributed by atoms with Gasteiger partial charge in [0.1, 0.15) is 17.0 Å². The highest BCUT2D eigenvalue weighted by molar-refractivity contribution is 5.52. The van der Waals surface area contributed by atoms with Crippen molar-refractivity contribution in [1.82, 2.24) is 25.3 Å². The molecule has 110 valence electrons. The lowest BCUT2D eigenvalue weighted by Crippen LogP contribution is -2.05. The van der Waals surface area contributed by atoms with Gasteiger partial charge < -0.3 is 8.94 Å². The first-order valence-corrected chi connectivity index (χ1v) is 5.78. The predicted octanol–water partition coefficient (Wildman–Crippen LogP) is 2.37. The highest BCUT2D eigenvalue weighted by Crippen LogP contribution is 2.34. The van der Waals surface area contributed by atoms with Gasteiger partial charge in [-0.25, -0.2) is 4.98 Å². The number of alkyl halides is 3. The number of halogens is 3. The van der Waals surface area contributed by atoms with E-state index in [1.165, 1.54) is 6.20 Å². The number of hydrogen-bond acceptors (Lipinski definition) is 6. The van der Waals surface area contributed by atoms with E-state index in [0.29, 0.717) is 17.8 Å². The Labute approximate surface area is 115 Å². The van der Waals surface area contributed by atoms with Crippen LogP contribution in [-0.4, -0.2) is 25.3 Å². The summed E-state index contributed by atoms with van der Waals surface area (Å²) in [4.78, 5) is 7.79. The third kappa shape index (κ3) is 2.64. The van der Waals surface area contributed by atoms with Gasteiger partial charge in [0, 0.05) is 6.92 Å². The normalized spacial score (nSPS) is 12.0. The van der Waals surface area contributed by atoms with Gasteiger partial charge in [-0.3, -0.25) is 5.10 Å². The summed E-state index contributed by atoms with van der Waals surface area (Å²) in [5.74, 6) is 0.858. The van der Waals surface area contributed by atoms with E-state index in [2.05, 4.69) is 25.3 Å². The van der Waals surface area contributed by atoms with E-state index >= 15 is 0 Å². The molecule has 10 heteroatoms. The summed E-state index contributed by atoms with van der Waals surface area (Å²) in [5.41, 5.74) is -1.33. The maximum Gasteiger partial charge on any atom is 0.420 e. The van der Waals surface area contributed by atoms with E-state index in [9.17, 15) is 13.2 Å². The molecule has 0 aliphatic carbocycles. The molecule has 0 fully saturated rings. The van der Waals surface area contributed by atoms with Crippen LogP contribution in [0, 0.1) is 6.92 Å². The van der Waals surface area contributed by atoms with Crippen molar-refractivity contribution < 1.29 is 22.1 Å². The number of nitrogens with one attached hydrogen (secondary N) is 1. The smallest absolute Gasteiger partial charge is 0.420 e. The molecular formula is C11H8F3N5O2. The number of aryl methyl sites for hydroxylation is 1. The molecule has 3 rings (SSSR count). The molecule has 3 heterocycles. The summed E-state index contributed by atoms with van der Waals surface area (Å²) < 4.78 is 48.3. The second-order valence-corrected chi connectivity index (χ2v) is 4.19. The molecule has 0 atom stereocenters. The molecule has 0 bridgehead atoms. The first-order valence-electron chi connectivity index (χ1n) is 5.78. The number of nitrogens with zero attached hydrogens (tertiary/aromatic N) is 4. The van der Waals surface area contributed by atoms with E-state index in [0.717, 1.165) is 0 Å². The largest absolute Gasteiger partial charge is 0.446 e. The number of H-pyrrole nitrogens is 1. The van der Waals surface area contributed by atoms with Gasteiger partial charge in [-0.15, -0.1) is 0 Å². The molecule has 7 nitrogen and oxygen atoms in total. The molecule has 21 heavy (non-hydrogen) atoms. The Kier molecular flexibility index (Phi) is 3.00. The minimum Gasteiger partial charge on any atom is -0.446 e. The summed E-state index contributed by atoms with van der Waals surface area (Å²) in [6.07, 6.45) is -2.24. The lowest BCUT2D eigenvalue weighted by Gasteiger charge is -2.03. The van der Waals surface area contributed by atoms with Crippen LogP contribution >= 0.6 is 0 Å². The molecule has 0 saturated carbocycles. The Bertz CT molecular complexity index is 758. The van der Waals surface area contributed by atoms with Crippen molar-refractivity contribution >= 4 is 0 Å². The molecule has 0 spiro atoms. The average Bonchev–Trinajstić information content (AvgIpc) is 3.08. The quantitative estimate of drug-likeness (QED) is 0.798. The second kappa shape index (κ2) is 4.72. The predicted molar refractivity (Wildman–Crippen MR) is 60.9 cm³/mol. The van der Waals surface area contributed by atoms with Crippen molar-refractivity contribution in [2.24, 2.45) is 0 Å². The first kappa shape index (κ1) is 13.3. The molecule has 0 aliphatic heterocycles. The van der Waals surface area contributed by atoms with E-state index in [-0.39, 0.29) is 23.8 Å². The van der Waals surface area contributed by atoms with E-state index < -0.39 is 11.7 Å². The second-order valence-electron chi connectivity index (χ2n) is 4.19. The van der Waals surface area contributed by atoms with Gasteiger partial charge in [0.15, 0.2) is 11.7 Å². The standard InChI is InChI=1S/C11H8F3N5O2/c1-5-15-3-6(20-5)2-8-17-10(21-19-8)9-7(4-16-18-9)11(12,13)14/h3-4H,2H2,1H3,(H,16,18). The Morgan fingerprint density at radius 2 is 2.10 bits per heavy atom. The van der Waals surface area contributed by atoms with Crippen LogP contribution in [0.4, 0.5) is 13.2 Å². The Morgan fingerprint density at radius 1 is 1.29 bits per heavy atom. The van der Waals surface area contributed by atoms with Crippen molar-refractivity contribution in [1.29, 1.82) is 0 Å². The van der Waals surface area contributed by atoms with E-state index in [1.54, 1.807) is 6.92 Å². The molecule has 0 unspecified atom stereocenters. The number of aromatic nitrogens is 5. The molecule has 3 aromatic heterocycles. The van der Waals surface area contributed by atoms with Gasteiger partial charge >= 0.3 is 6.18 Å². The molecule has 3 aromatic rings. The Morgan fingerprint density at radius 3 is 2.76 bits per heavy atom. The van der Waals surface area contributed by atoms with Crippen molar-refractivity contribution in [3.63, 3.8) is 0 Å². The fourth-order valence-corrected chi connectivity index (χ4v) is 1.73. The molecule has 0 amide bonds. The van der Waals surface area contributed by atoms with Crippen LogP contribution in [-0.2, 0) is 12.6 Å². The Hall–Kier alpha value is -2.65. The molecular weight excluding hydrogens is 291 g/mol. The zero-order chi connectivity index (χ0) is 15.0. The maximum atomic E-state index is 12.8. The summed E-state index contributed by atoms with van der Waals surface area (Å²) in [7, 11) is 0. The summed E-state index contributed by atoms with van der Waals surface area (Å²) in [6, 6.07) is 0. The van der Waals surface area contributed by atoms with Crippen molar-refractivity contribution in [3.8, 4) is 11.6 Å². The van der Waals surface area contributed by atoms with Crippen LogP contribution in [0.2, 0.25) is 0 Å². The summed E-state index contributed by atoms with van der Waals surface area (Å²) >= 11 is 0. The Balaban J connectivity index is 1.87. The fraction of sp³-hybridized carbons (Fsp3) is 0.273. The summed E-state index contributed by atoms with van der Waals surface area (Å²) in [5, 5.41) is 9.18. The number of rotatable bonds is 3. The highest BCUT2D eigenvalue weighted by Gasteiger charge is 2.37. The topological polar surface area (TPSA) is 93.6 Å². The highest BCUT2D eigenvalue weighted by atomic mass is 19.4. The average molecular weight is 299 g/mol. The van der Waals surface area contributed by atoms with Gasteiger partial charge in [0.25, 0.3) is 5.89 Å². The van der Waals surface area contributed by atoms with Crippen LogP contribution in [0.15, 0.2) is 21.3 Å². The SMILES string of the molecule is Cc1ncc(Cc2noc(-c3[nH]ncc3C(F)(F)F)n2)o1. The maximum absolute atomic E-state index is 12.8. The lowest BCUT2D eigenvalue weighted by atomic mass is 10.2. The summed E-state index contributed by atoms with van der Waals surface area (Å²) in [6.45, 7) is 1.67. The van der Waals surface area contributed by atoms with Crippen LogP contribution in [0.1, 0.15) is 23.0 Å². The van der Waals surface area contributed by atoms with Crippen LogP contribution in [0.5, 0.6) is 0 Å².